The second-order valence-electron chi connectivity index (χ2n) is 11.3. The van der Waals surface area contributed by atoms with Gasteiger partial charge in [0.25, 0.3) is 8.32 Å². The van der Waals surface area contributed by atoms with E-state index in [1.807, 2.05) is 36.4 Å². The molecule has 1 aliphatic heterocycles. The van der Waals surface area contributed by atoms with E-state index in [0.717, 1.165) is 10.4 Å². The van der Waals surface area contributed by atoms with E-state index in [1.165, 1.54) is 4.90 Å². The van der Waals surface area contributed by atoms with E-state index in [1.54, 1.807) is 26.8 Å². The maximum absolute atomic E-state index is 13.2. The molecule has 2 aromatic carbocycles. The van der Waals surface area contributed by atoms with E-state index in [4.69, 9.17) is 9.16 Å². The fraction of sp³-hybridized carbons (Fsp3) is 0.448. The first-order valence-corrected chi connectivity index (χ1v) is 14.2. The van der Waals surface area contributed by atoms with Gasteiger partial charge >= 0.3 is 6.09 Å². The lowest BCUT2D eigenvalue weighted by Gasteiger charge is -2.44. The summed E-state index contributed by atoms with van der Waals surface area (Å²) in [6.07, 6.45) is 2.18. The molecule has 0 spiro atoms. The summed E-state index contributed by atoms with van der Waals surface area (Å²) < 4.78 is 12.7. The Bertz CT molecular complexity index is 985. The monoisotopic (exact) mass is 493 g/mol. The van der Waals surface area contributed by atoms with Gasteiger partial charge in [-0.2, -0.15) is 0 Å². The molecule has 2 atom stereocenters. The fourth-order valence-corrected chi connectivity index (χ4v) is 9.58. The number of allylic oxidation sites excluding steroid dienone is 1. The second kappa shape index (κ2) is 10.5. The second-order valence-corrected chi connectivity index (χ2v) is 15.6. The lowest BCUT2D eigenvalue weighted by atomic mass is 10.0. The largest absolute Gasteiger partial charge is 0.443 e. The number of ether oxygens (including phenoxy) is 1. The first kappa shape index (κ1) is 26.9. The predicted octanol–water partition coefficient (Wildman–Crippen LogP) is 5.29. The molecule has 0 saturated carbocycles. The van der Waals surface area contributed by atoms with E-state index in [0.29, 0.717) is 12.8 Å². The summed E-state index contributed by atoms with van der Waals surface area (Å²) in [4.78, 5) is 27.6. The molecule has 2 amide bonds. The van der Waals surface area contributed by atoms with Gasteiger partial charge in [0, 0.05) is 5.92 Å². The van der Waals surface area contributed by atoms with Crippen molar-refractivity contribution in [2.75, 3.05) is 6.61 Å². The average Bonchev–Trinajstić information content (AvgIpc) is 3.09. The standard InChI is InChI=1S/C29H39NO4Si/c1-8-15-22-20-23(30(26(22)31)27(32)34-28(2,3)4)21-33-35(29(5,6)7,24-16-11-9-12-17-24)25-18-13-10-14-19-25/h8-14,16-19,22-23H,1,15,20-21H2,2-7H3/t22-,23+/m1/s1. The molecule has 0 N–H and O–H groups in total. The highest BCUT2D eigenvalue weighted by Crippen LogP contribution is 2.38. The summed E-state index contributed by atoms with van der Waals surface area (Å²) in [5.74, 6) is -0.511. The Kier molecular flexibility index (Phi) is 8.07. The van der Waals surface area contributed by atoms with Crippen LogP contribution in [0.25, 0.3) is 0 Å². The van der Waals surface area contributed by atoms with E-state index < -0.39 is 26.1 Å². The highest BCUT2D eigenvalue weighted by Gasteiger charge is 2.52. The molecule has 3 rings (SSSR count). The van der Waals surface area contributed by atoms with Gasteiger partial charge in [0.15, 0.2) is 0 Å². The zero-order valence-corrected chi connectivity index (χ0v) is 22.9. The molecule has 0 unspecified atom stereocenters. The third-order valence-electron chi connectivity index (χ3n) is 6.46. The van der Waals surface area contributed by atoms with Gasteiger partial charge in [-0.25, -0.2) is 9.69 Å². The van der Waals surface area contributed by atoms with Gasteiger partial charge in [-0.1, -0.05) is 87.5 Å². The van der Waals surface area contributed by atoms with Crippen LogP contribution in [0.2, 0.25) is 5.04 Å². The zero-order valence-electron chi connectivity index (χ0n) is 21.9. The van der Waals surface area contributed by atoms with Gasteiger partial charge in [0.1, 0.15) is 5.60 Å². The molecule has 1 saturated heterocycles. The van der Waals surface area contributed by atoms with E-state index in [9.17, 15) is 9.59 Å². The first-order chi connectivity index (χ1) is 16.4. The van der Waals surface area contributed by atoms with Crippen LogP contribution >= 0.6 is 0 Å². The van der Waals surface area contributed by atoms with Crippen molar-refractivity contribution in [2.24, 2.45) is 5.92 Å². The van der Waals surface area contributed by atoms with Crippen LogP contribution in [0.3, 0.4) is 0 Å². The number of amides is 2. The molecule has 5 nitrogen and oxygen atoms in total. The molecule has 2 aromatic rings. The first-order valence-electron chi connectivity index (χ1n) is 12.3. The Balaban J connectivity index is 2.02. The highest BCUT2D eigenvalue weighted by atomic mass is 28.4. The summed E-state index contributed by atoms with van der Waals surface area (Å²) >= 11 is 0. The molecule has 0 bridgehead atoms. The number of imide groups is 1. The summed E-state index contributed by atoms with van der Waals surface area (Å²) in [5.41, 5.74) is -0.697. The maximum Gasteiger partial charge on any atom is 0.417 e. The Morgan fingerprint density at radius 2 is 1.51 bits per heavy atom. The van der Waals surface area contributed by atoms with Crippen molar-refractivity contribution in [1.82, 2.24) is 4.90 Å². The van der Waals surface area contributed by atoms with E-state index in [-0.39, 0.29) is 23.5 Å². The normalized spacial score (nSPS) is 19.0. The number of rotatable bonds is 7. The van der Waals surface area contributed by atoms with E-state index >= 15 is 0 Å². The molecule has 0 aromatic heterocycles. The van der Waals surface area contributed by atoms with Crippen LogP contribution in [0.5, 0.6) is 0 Å². The van der Waals surface area contributed by atoms with Gasteiger partial charge in [-0.05, 0) is 49.0 Å². The molecule has 188 valence electrons. The number of carbonyl (C=O) groups excluding carboxylic acids is 2. The van der Waals surface area contributed by atoms with Crippen LogP contribution in [-0.4, -0.2) is 43.5 Å². The summed E-state index contributed by atoms with van der Waals surface area (Å²) in [6, 6.07) is 20.3. The van der Waals surface area contributed by atoms with Crippen molar-refractivity contribution in [3.63, 3.8) is 0 Å². The minimum atomic E-state index is -2.80. The van der Waals surface area contributed by atoms with Crippen molar-refractivity contribution in [3.05, 3.63) is 73.3 Å². The van der Waals surface area contributed by atoms with Gasteiger partial charge in [0.2, 0.25) is 5.91 Å². The Morgan fingerprint density at radius 3 is 1.94 bits per heavy atom. The molecule has 35 heavy (non-hydrogen) atoms. The van der Waals surface area contributed by atoms with Crippen LogP contribution in [0.15, 0.2) is 73.3 Å². The topological polar surface area (TPSA) is 55.8 Å². The SMILES string of the molecule is C=CC[C@@H]1C[C@@H](CO[Si](c2ccccc2)(c2ccccc2)C(C)(C)C)N(C(=O)OC(C)(C)C)C1=O. The van der Waals surface area contributed by atoms with E-state index in [2.05, 4.69) is 51.6 Å². The predicted molar refractivity (Wildman–Crippen MR) is 143 cm³/mol. The summed E-state index contributed by atoms with van der Waals surface area (Å²) in [7, 11) is -2.80. The lowest BCUT2D eigenvalue weighted by molar-refractivity contribution is -0.131. The third-order valence-corrected chi connectivity index (χ3v) is 11.5. The third kappa shape index (κ3) is 5.76. The summed E-state index contributed by atoms with van der Waals surface area (Å²) in [5, 5.41) is 2.12. The van der Waals surface area contributed by atoms with Crippen molar-refractivity contribution in [3.8, 4) is 0 Å². The van der Waals surface area contributed by atoms with Crippen molar-refractivity contribution in [1.29, 1.82) is 0 Å². The van der Waals surface area contributed by atoms with Gasteiger partial charge in [-0.15, -0.1) is 6.58 Å². The van der Waals surface area contributed by atoms with Gasteiger partial charge < -0.3 is 9.16 Å². The van der Waals surface area contributed by atoms with Crippen LogP contribution in [0.4, 0.5) is 4.79 Å². The molecular formula is C29H39NO4Si. The number of benzene rings is 2. The number of likely N-dealkylation sites (tertiary alicyclic amines) is 1. The smallest absolute Gasteiger partial charge is 0.417 e. The molecule has 1 aliphatic rings. The number of hydrogen-bond donors (Lipinski definition) is 0. The van der Waals surface area contributed by atoms with Crippen molar-refractivity contribution < 1.29 is 18.8 Å². The highest BCUT2D eigenvalue weighted by molar-refractivity contribution is 6.99. The quantitative estimate of drug-likeness (QED) is 0.388. The maximum atomic E-state index is 13.2. The van der Waals surface area contributed by atoms with Crippen molar-refractivity contribution in [2.45, 2.75) is 71.1 Å². The molecule has 6 heteroatoms. The van der Waals surface area contributed by atoms with Gasteiger partial charge in [-0.3, -0.25) is 4.79 Å². The Hall–Kier alpha value is -2.70. The lowest BCUT2D eigenvalue weighted by Crippen LogP contribution is -2.67. The molecule has 1 heterocycles. The minimum Gasteiger partial charge on any atom is -0.443 e. The van der Waals surface area contributed by atoms with Crippen molar-refractivity contribution >= 4 is 30.7 Å². The zero-order chi connectivity index (χ0) is 25.9. The average molecular weight is 494 g/mol. The molecular weight excluding hydrogens is 454 g/mol. The number of nitrogens with zero attached hydrogens (tertiary/aromatic N) is 1. The van der Waals surface area contributed by atoms with Crippen LogP contribution < -0.4 is 10.4 Å². The van der Waals surface area contributed by atoms with Crippen LogP contribution in [-0.2, 0) is 14.0 Å². The minimum absolute atomic E-state index is 0.199. The summed E-state index contributed by atoms with van der Waals surface area (Å²) in [6.45, 7) is 16.1. The molecule has 0 radical (unpaired) electrons. The molecule has 1 fully saturated rings. The number of hydrogen-bond acceptors (Lipinski definition) is 4. The Morgan fingerprint density at radius 1 is 1.00 bits per heavy atom. The Labute approximate surface area is 211 Å². The number of carbonyl (C=O) groups is 2. The van der Waals surface area contributed by atoms with Crippen LogP contribution in [0, 0.1) is 5.92 Å². The van der Waals surface area contributed by atoms with Crippen LogP contribution in [0.1, 0.15) is 54.4 Å². The molecule has 0 aliphatic carbocycles. The fourth-order valence-electron chi connectivity index (χ4n) is 4.99. The van der Waals surface area contributed by atoms with Gasteiger partial charge in [0.05, 0.1) is 12.6 Å².